The Labute approximate surface area is 136 Å². The summed E-state index contributed by atoms with van der Waals surface area (Å²) in [4.78, 5) is 0. The lowest BCUT2D eigenvalue weighted by molar-refractivity contribution is 0.320. The van der Waals surface area contributed by atoms with Crippen molar-refractivity contribution in [2.24, 2.45) is 5.73 Å². The minimum atomic E-state index is -0.248. The molecule has 2 N–H and O–H groups in total. The van der Waals surface area contributed by atoms with Crippen LogP contribution in [-0.2, 0) is 6.42 Å². The van der Waals surface area contributed by atoms with Crippen molar-refractivity contribution in [1.82, 2.24) is 0 Å². The Morgan fingerprint density at radius 3 is 2.09 bits per heavy atom. The first-order valence-corrected chi connectivity index (χ1v) is 7.38. The van der Waals surface area contributed by atoms with Crippen molar-refractivity contribution in [3.05, 3.63) is 53.3 Å². The van der Waals surface area contributed by atoms with Crippen molar-refractivity contribution in [2.75, 3.05) is 27.9 Å². The Morgan fingerprint density at radius 1 is 0.913 bits per heavy atom. The van der Waals surface area contributed by atoms with Crippen LogP contribution in [0.5, 0.6) is 17.2 Å². The van der Waals surface area contributed by atoms with Gasteiger partial charge in [0.2, 0.25) is 5.75 Å². The van der Waals surface area contributed by atoms with Crippen molar-refractivity contribution >= 4 is 0 Å². The van der Waals surface area contributed by atoms with Crippen LogP contribution in [-0.4, -0.2) is 27.9 Å². The zero-order valence-corrected chi connectivity index (χ0v) is 13.6. The molecule has 23 heavy (non-hydrogen) atoms. The maximum Gasteiger partial charge on any atom is 0.203 e. The van der Waals surface area contributed by atoms with Crippen LogP contribution in [0.25, 0.3) is 0 Å². The van der Waals surface area contributed by atoms with Crippen LogP contribution in [0.1, 0.15) is 17.0 Å². The quantitative estimate of drug-likeness (QED) is 0.852. The Morgan fingerprint density at radius 2 is 1.57 bits per heavy atom. The van der Waals surface area contributed by atoms with E-state index in [9.17, 15) is 4.39 Å². The van der Waals surface area contributed by atoms with Crippen LogP contribution < -0.4 is 19.9 Å². The van der Waals surface area contributed by atoms with Crippen LogP contribution >= 0.6 is 0 Å². The van der Waals surface area contributed by atoms with Crippen molar-refractivity contribution in [2.45, 2.75) is 12.3 Å². The molecule has 0 amide bonds. The monoisotopic (exact) mass is 319 g/mol. The molecule has 0 saturated carbocycles. The number of benzene rings is 2. The third-order valence-corrected chi connectivity index (χ3v) is 3.85. The summed E-state index contributed by atoms with van der Waals surface area (Å²) in [5.41, 5.74) is 7.92. The van der Waals surface area contributed by atoms with Gasteiger partial charge in [0, 0.05) is 11.5 Å². The van der Waals surface area contributed by atoms with E-state index in [4.69, 9.17) is 19.9 Å². The summed E-state index contributed by atoms with van der Waals surface area (Å²) < 4.78 is 29.3. The number of halogens is 1. The molecule has 0 spiro atoms. The first kappa shape index (κ1) is 17.1. The molecular weight excluding hydrogens is 297 g/mol. The van der Waals surface area contributed by atoms with E-state index < -0.39 is 0 Å². The highest BCUT2D eigenvalue weighted by molar-refractivity contribution is 5.57. The molecule has 2 aromatic carbocycles. The highest BCUT2D eigenvalue weighted by atomic mass is 19.1. The number of hydrogen-bond acceptors (Lipinski definition) is 4. The zero-order valence-electron chi connectivity index (χ0n) is 13.6. The normalized spacial score (nSPS) is 11.9. The summed E-state index contributed by atoms with van der Waals surface area (Å²) in [5.74, 6) is 1.54. The van der Waals surface area contributed by atoms with Crippen molar-refractivity contribution < 1.29 is 18.6 Å². The first-order chi connectivity index (χ1) is 11.1. The molecule has 1 unspecified atom stereocenters. The number of methoxy groups -OCH3 is 3. The van der Waals surface area contributed by atoms with Gasteiger partial charge in [-0.25, -0.2) is 4.39 Å². The summed E-state index contributed by atoms with van der Waals surface area (Å²) >= 11 is 0. The highest BCUT2D eigenvalue weighted by Crippen LogP contribution is 2.43. The van der Waals surface area contributed by atoms with Crippen LogP contribution in [0.3, 0.4) is 0 Å². The average molecular weight is 319 g/mol. The van der Waals surface area contributed by atoms with Gasteiger partial charge >= 0.3 is 0 Å². The third-order valence-electron chi connectivity index (χ3n) is 3.85. The van der Waals surface area contributed by atoms with E-state index in [1.165, 1.54) is 12.1 Å². The molecule has 124 valence electrons. The SMILES string of the molecule is COc1ccc(C(CN)Cc2ccc(F)cc2)c(OC)c1OC. The van der Waals surface area contributed by atoms with E-state index in [0.29, 0.717) is 30.2 Å². The molecule has 5 heteroatoms. The van der Waals surface area contributed by atoms with Gasteiger partial charge in [0.15, 0.2) is 11.5 Å². The standard InChI is InChI=1S/C18H22FNO3/c1-21-16-9-8-15(17(22-2)18(16)23-3)13(11-20)10-12-4-6-14(19)7-5-12/h4-9,13H,10-11,20H2,1-3H3. The Bertz CT molecular complexity index is 643. The van der Waals surface area contributed by atoms with Gasteiger partial charge in [-0.2, -0.15) is 0 Å². The second-order valence-electron chi connectivity index (χ2n) is 5.19. The van der Waals surface area contributed by atoms with Gasteiger partial charge in [0.25, 0.3) is 0 Å². The molecule has 2 aromatic rings. The van der Waals surface area contributed by atoms with E-state index in [0.717, 1.165) is 11.1 Å². The lowest BCUT2D eigenvalue weighted by Crippen LogP contribution is -2.16. The molecule has 0 aliphatic rings. The molecular formula is C18H22FNO3. The predicted octanol–water partition coefficient (Wildman–Crippen LogP) is 3.14. The minimum Gasteiger partial charge on any atom is -0.493 e. The summed E-state index contributed by atoms with van der Waals surface area (Å²) in [5, 5.41) is 0. The molecule has 0 aliphatic heterocycles. The number of rotatable bonds is 7. The Kier molecular flexibility index (Phi) is 5.82. The lowest BCUT2D eigenvalue weighted by atomic mass is 9.91. The molecule has 0 heterocycles. The van der Waals surface area contributed by atoms with Crippen molar-refractivity contribution in [3.63, 3.8) is 0 Å². The number of ether oxygens (including phenoxy) is 3. The van der Waals surface area contributed by atoms with E-state index >= 15 is 0 Å². The summed E-state index contributed by atoms with van der Waals surface area (Å²) in [6.45, 7) is 0.434. The van der Waals surface area contributed by atoms with E-state index in [1.54, 1.807) is 33.5 Å². The second-order valence-corrected chi connectivity index (χ2v) is 5.19. The minimum absolute atomic E-state index is 0.0233. The number of nitrogens with two attached hydrogens (primary N) is 1. The van der Waals surface area contributed by atoms with Gasteiger partial charge in [-0.15, -0.1) is 0 Å². The zero-order chi connectivity index (χ0) is 16.8. The van der Waals surface area contributed by atoms with Crippen LogP contribution in [0.4, 0.5) is 4.39 Å². The fraction of sp³-hybridized carbons (Fsp3) is 0.333. The molecule has 1 atom stereocenters. The lowest BCUT2D eigenvalue weighted by Gasteiger charge is -2.21. The smallest absolute Gasteiger partial charge is 0.203 e. The second kappa shape index (κ2) is 7.83. The molecule has 0 bridgehead atoms. The van der Waals surface area contributed by atoms with E-state index in [-0.39, 0.29) is 11.7 Å². The summed E-state index contributed by atoms with van der Waals surface area (Å²) in [7, 11) is 4.74. The Balaban J connectivity index is 2.38. The van der Waals surface area contributed by atoms with Crippen LogP contribution in [0.2, 0.25) is 0 Å². The molecule has 0 aliphatic carbocycles. The average Bonchev–Trinajstić information content (AvgIpc) is 2.59. The fourth-order valence-corrected chi connectivity index (χ4v) is 2.67. The highest BCUT2D eigenvalue weighted by Gasteiger charge is 2.21. The Hall–Kier alpha value is -2.27. The van der Waals surface area contributed by atoms with Gasteiger partial charge in [-0.3, -0.25) is 0 Å². The third kappa shape index (κ3) is 3.74. The van der Waals surface area contributed by atoms with E-state index in [1.807, 2.05) is 12.1 Å². The van der Waals surface area contributed by atoms with Gasteiger partial charge in [0.1, 0.15) is 5.82 Å². The summed E-state index contributed by atoms with van der Waals surface area (Å²) in [6, 6.07) is 10.2. The van der Waals surface area contributed by atoms with Crippen LogP contribution in [0.15, 0.2) is 36.4 Å². The molecule has 0 radical (unpaired) electrons. The molecule has 0 saturated heterocycles. The first-order valence-electron chi connectivity index (χ1n) is 7.38. The maximum absolute atomic E-state index is 13.1. The molecule has 4 nitrogen and oxygen atoms in total. The van der Waals surface area contributed by atoms with Crippen molar-refractivity contribution in [1.29, 1.82) is 0 Å². The predicted molar refractivity (Wildman–Crippen MR) is 88.0 cm³/mol. The van der Waals surface area contributed by atoms with Crippen LogP contribution in [0, 0.1) is 5.82 Å². The molecule has 2 rings (SSSR count). The van der Waals surface area contributed by atoms with E-state index in [2.05, 4.69) is 0 Å². The molecule has 0 aromatic heterocycles. The summed E-state index contributed by atoms with van der Waals surface area (Å²) in [6.07, 6.45) is 0.683. The van der Waals surface area contributed by atoms with Gasteiger partial charge in [-0.05, 0) is 36.7 Å². The van der Waals surface area contributed by atoms with Crippen molar-refractivity contribution in [3.8, 4) is 17.2 Å². The fourth-order valence-electron chi connectivity index (χ4n) is 2.67. The molecule has 0 fully saturated rings. The topological polar surface area (TPSA) is 53.7 Å². The maximum atomic E-state index is 13.1. The van der Waals surface area contributed by atoms with Gasteiger partial charge in [-0.1, -0.05) is 18.2 Å². The number of hydrogen-bond donors (Lipinski definition) is 1. The largest absolute Gasteiger partial charge is 0.493 e. The van der Waals surface area contributed by atoms with Gasteiger partial charge < -0.3 is 19.9 Å². The van der Waals surface area contributed by atoms with Gasteiger partial charge in [0.05, 0.1) is 21.3 Å².